The first-order chi connectivity index (χ1) is 7.42. The molecule has 0 unspecified atom stereocenters. The lowest BCUT2D eigenvalue weighted by Gasteiger charge is -2.35. The van der Waals surface area contributed by atoms with Gasteiger partial charge in [0.25, 0.3) is 0 Å². The van der Waals surface area contributed by atoms with E-state index in [0.717, 1.165) is 19.3 Å². The van der Waals surface area contributed by atoms with Crippen molar-refractivity contribution in [3.8, 4) is 0 Å². The van der Waals surface area contributed by atoms with Crippen molar-refractivity contribution in [2.45, 2.75) is 57.7 Å². The molecular formula is C12H21NO3. The molecule has 0 radical (unpaired) electrons. The fourth-order valence-corrected chi connectivity index (χ4v) is 2.93. The van der Waals surface area contributed by atoms with Crippen molar-refractivity contribution in [3.63, 3.8) is 0 Å². The molecule has 1 N–H and O–H groups in total. The number of rotatable bonds is 1. The highest BCUT2D eigenvalue weighted by Crippen LogP contribution is 2.42. The lowest BCUT2D eigenvalue weighted by molar-refractivity contribution is -0.000465. The van der Waals surface area contributed by atoms with Crippen LogP contribution in [0.3, 0.4) is 0 Å². The van der Waals surface area contributed by atoms with Crippen LogP contribution in [-0.2, 0) is 4.74 Å². The van der Waals surface area contributed by atoms with E-state index >= 15 is 0 Å². The van der Waals surface area contributed by atoms with Gasteiger partial charge in [-0.25, -0.2) is 4.79 Å². The molecule has 4 heteroatoms. The molecule has 2 bridgehead atoms. The SMILES string of the molecule is CC(C)(C)OC(=O)N1[C@H]2CC[C@H](C2)[C@H]1CO. The minimum absolute atomic E-state index is 0.0198. The first-order valence-corrected chi connectivity index (χ1v) is 6.04. The van der Waals surface area contributed by atoms with Crippen molar-refractivity contribution in [1.29, 1.82) is 0 Å². The van der Waals surface area contributed by atoms with Crippen LogP contribution in [0.2, 0.25) is 0 Å². The minimum Gasteiger partial charge on any atom is -0.444 e. The molecule has 2 aliphatic rings. The Morgan fingerprint density at radius 3 is 2.69 bits per heavy atom. The minimum atomic E-state index is -0.459. The molecule has 1 saturated carbocycles. The van der Waals surface area contributed by atoms with E-state index in [2.05, 4.69) is 0 Å². The summed E-state index contributed by atoms with van der Waals surface area (Å²) in [7, 11) is 0. The topological polar surface area (TPSA) is 49.8 Å². The highest BCUT2D eigenvalue weighted by Gasteiger charge is 2.48. The van der Waals surface area contributed by atoms with E-state index in [1.807, 2.05) is 20.8 Å². The van der Waals surface area contributed by atoms with Gasteiger partial charge in [0.05, 0.1) is 12.6 Å². The van der Waals surface area contributed by atoms with E-state index in [0.29, 0.717) is 5.92 Å². The van der Waals surface area contributed by atoms with Crippen LogP contribution in [0.5, 0.6) is 0 Å². The zero-order valence-electron chi connectivity index (χ0n) is 10.3. The summed E-state index contributed by atoms with van der Waals surface area (Å²) in [4.78, 5) is 13.8. The molecular weight excluding hydrogens is 206 g/mol. The van der Waals surface area contributed by atoms with Crippen LogP contribution in [-0.4, -0.2) is 40.4 Å². The van der Waals surface area contributed by atoms with Gasteiger partial charge >= 0.3 is 6.09 Å². The number of hydrogen-bond acceptors (Lipinski definition) is 3. The van der Waals surface area contributed by atoms with Gasteiger partial charge in [0, 0.05) is 6.04 Å². The largest absolute Gasteiger partial charge is 0.444 e. The van der Waals surface area contributed by atoms with E-state index in [1.165, 1.54) is 0 Å². The highest BCUT2D eigenvalue weighted by atomic mass is 16.6. The summed E-state index contributed by atoms with van der Waals surface area (Å²) in [5.74, 6) is 0.475. The zero-order chi connectivity index (χ0) is 11.9. The van der Waals surface area contributed by atoms with Gasteiger partial charge in [0.15, 0.2) is 0 Å². The maximum atomic E-state index is 12.0. The van der Waals surface area contributed by atoms with E-state index in [4.69, 9.17) is 4.74 Å². The molecule has 16 heavy (non-hydrogen) atoms. The molecule has 3 atom stereocenters. The number of hydrogen-bond donors (Lipinski definition) is 1. The fraction of sp³-hybridized carbons (Fsp3) is 0.917. The van der Waals surface area contributed by atoms with E-state index in [9.17, 15) is 9.90 Å². The Morgan fingerprint density at radius 1 is 1.44 bits per heavy atom. The van der Waals surface area contributed by atoms with E-state index in [1.54, 1.807) is 4.90 Å². The Kier molecular flexibility index (Phi) is 2.86. The van der Waals surface area contributed by atoms with Gasteiger partial charge < -0.3 is 9.84 Å². The standard InChI is InChI=1S/C12H21NO3/c1-12(2,3)16-11(15)13-9-5-4-8(6-9)10(13)7-14/h8-10,14H,4-7H2,1-3H3/t8-,9+,10-/m1/s1. The van der Waals surface area contributed by atoms with E-state index in [-0.39, 0.29) is 24.8 Å². The number of nitrogens with zero attached hydrogens (tertiary/aromatic N) is 1. The molecule has 2 rings (SSSR count). The number of carbonyl (C=O) groups is 1. The third-order valence-electron chi connectivity index (χ3n) is 3.53. The number of likely N-dealkylation sites (tertiary alicyclic amines) is 1. The number of amides is 1. The predicted octanol–water partition coefficient (Wildman–Crippen LogP) is 1.77. The Balaban J connectivity index is 2.06. The molecule has 0 aromatic rings. The second-order valence-corrected chi connectivity index (χ2v) is 5.86. The molecule has 1 aliphatic carbocycles. The van der Waals surface area contributed by atoms with Gasteiger partial charge in [0.1, 0.15) is 5.60 Å². The molecule has 0 aromatic carbocycles. The molecule has 2 fully saturated rings. The summed E-state index contributed by atoms with van der Waals surface area (Å²) >= 11 is 0. The van der Waals surface area contributed by atoms with Gasteiger partial charge in [-0.15, -0.1) is 0 Å². The Hall–Kier alpha value is -0.770. The van der Waals surface area contributed by atoms with E-state index < -0.39 is 5.60 Å². The highest BCUT2D eigenvalue weighted by molar-refractivity contribution is 5.69. The van der Waals surface area contributed by atoms with Crippen LogP contribution in [0.1, 0.15) is 40.0 Å². The average molecular weight is 227 g/mol. The first kappa shape index (κ1) is 11.7. The lowest BCUT2D eigenvalue weighted by Crippen LogP contribution is -2.48. The van der Waals surface area contributed by atoms with Crippen molar-refractivity contribution in [3.05, 3.63) is 0 Å². The summed E-state index contributed by atoms with van der Waals surface area (Å²) in [6, 6.07) is 0.269. The van der Waals surface area contributed by atoms with Gasteiger partial charge in [-0.1, -0.05) is 0 Å². The van der Waals surface area contributed by atoms with Crippen LogP contribution < -0.4 is 0 Å². The van der Waals surface area contributed by atoms with Crippen LogP contribution in [0.15, 0.2) is 0 Å². The van der Waals surface area contributed by atoms with Crippen molar-refractivity contribution in [1.82, 2.24) is 4.90 Å². The van der Waals surface area contributed by atoms with Crippen molar-refractivity contribution < 1.29 is 14.6 Å². The summed E-state index contributed by atoms with van der Waals surface area (Å²) in [6.45, 7) is 5.66. The van der Waals surface area contributed by atoms with Crippen LogP contribution in [0.25, 0.3) is 0 Å². The Morgan fingerprint density at radius 2 is 2.12 bits per heavy atom. The molecule has 1 heterocycles. The second-order valence-electron chi connectivity index (χ2n) is 5.86. The Bertz CT molecular complexity index is 284. The van der Waals surface area contributed by atoms with Crippen LogP contribution in [0.4, 0.5) is 4.79 Å². The normalized spacial score (nSPS) is 33.2. The average Bonchev–Trinajstić information content (AvgIpc) is 2.72. The molecule has 1 saturated heterocycles. The predicted molar refractivity (Wildman–Crippen MR) is 60.1 cm³/mol. The van der Waals surface area contributed by atoms with Gasteiger partial charge in [-0.2, -0.15) is 0 Å². The third-order valence-corrected chi connectivity index (χ3v) is 3.53. The summed E-state index contributed by atoms with van der Waals surface area (Å²) in [5, 5.41) is 9.36. The summed E-state index contributed by atoms with van der Waals surface area (Å²) in [5.41, 5.74) is -0.459. The lowest BCUT2D eigenvalue weighted by atomic mass is 10.00. The second kappa shape index (κ2) is 3.91. The molecule has 92 valence electrons. The molecule has 4 nitrogen and oxygen atoms in total. The number of piperidine rings is 1. The number of ether oxygens (including phenoxy) is 1. The third kappa shape index (κ3) is 2.03. The zero-order valence-corrected chi connectivity index (χ0v) is 10.3. The summed E-state index contributed by atoms with van der Waals surface area (Å²) in [6.07, 6.45) is 2.96. The van der Waals surface area contributed by atoms with Crippen molar-refractivity contribution >= 4 is 6.09 Å². The van der Waals surface area contributed by atoms with Crippen LogP contribution in [0, 0.1) is 5.92 Å². The monoisotopic (exact) mass is 227 g/mol. The van der Waals surface area contributed by atoms with Crippen molar-refractivity contribution in [2.75, 3.05) is 6.61 Å². The number of aliphatic hydroxyl groups excluding tert-OH is 1. The maximum absolute atomic E-state index is 12.0. The molecule has 1 aliphatic heterocycles. The number of fused-ring (bicyclic) bond motifs is 2. The molecule has 0 aromatic heterocycles. The number of aliphatic hydroxyl groups is 1. The van der Waals surface area contributed by atoms with Gasteiger partial charge in [-0.05, 0) is 46.0 Å². The summed E-state index contributed by atoms with van der Waals surface area (Å²) < 4.78 is 5.38. The smallest absolute Gasteiger partial charge is 0.410 e. The number of carbonyl (C=O) groups excluding carboxylic acids is 1. The Labute approximate surface area is 96.6 Å². The van der Waals surface area contributed by atoms with Crippen molar-refractivity contribution in [2.24, 2.45) is 5.92 Å². The van der Waals surface area contributed by atoms with Crippen LogP contribution >= 0.6 is 0 Å². The first-order valence-electron chi connectivity index (χ1n) is 6.04. The quantitative estimate of drug-likeness (QED) is 0.742. The fourth-order valence-electron chi connectivity index (χ4n) is 2.93. The maximum Gasteiger partial charge on any atom is 0.410 e. The molecule has 1 amide bonds. The molecule has 0 spiro atoms. The van der Waals surface area contributed by atoms with Gasteiger partial charge in [-0.3, -0.25) is 4.90 Å². The van der Waals surface area contributed by atoms with Gasteiger partial charge in [0.2, 0.25) is 0 Å².